The van der Waals surface area contributed by atoms with Crippen LogP contribution in [-0.2, 0) is 16.0 Å². The minimum absolute atomic E-state index is 0.186. The van der Waals surface area contributed by atoms with Crippen LogP contribution < -0.4 is 14.8 Å². The number of carbonyl (C=O) groups is 2. The molecular weight excluding hydrogens is 310 g/mol. The first-order valence-corrected chi connectivity index (χ1v) is 7.52. The number of amides is 1. The maximum absolute atomic E-state index is 12.2. The Morgan fingerprint density at radius 1 is 1.08 bits per heavy atom. The molecule has 0 bridgehead atoms. The highest BCUT2D eigenvalue weighted by atomic mass is 16.6. The number of rotatable bonds is 4. The van der Waals surface area contributed by atoms with Crippen molar-refractivity contribution < 1.29 is 23.8 Å². The number of esters is 1. The van der Waals surface area contributed by atoms with E-state index in [1.807, 2.05) is 6.07 Å². The third-order valence-corrected chi connectivity index (χ3v) is 3.54. The molecule has 0 aromatic heterocycles. The van der Waals surface area contributed by atoms with Crippen LogP contribution in [0.15, 0.2) is 42.5 Å². The first-order chi connectivity index (χ1) is 11.7. The second-order valence-electron chi connectivity index (χ2n) is 5.28. The number of methoxy groups -OCH3 is 1. The zero-order chi connectivity index (χ0) is 16.9. The Labute approximate surface area is 139 Å². The lowest BCUT2D eigenvalue weighted by molar-refractivity contribution is -0.115. The average Bonchev–Trinajstić information content (AvgIpc) is 2.61. The average molecular weight is 327 g/mol. The topological polar surface area (TPSA) is 73.9 Å². The van der Waals surface area contributed by atoms with Gasteiger partial charge in [-0.05, 0) is 35.9 Å². The van der Waals surface area contributed by atoms with Gasteiger partial charge in [-0.15, -0.1) is 0 Å². The Morgan fingerprint density at radius 2 is 1.88 bits per heavy atom. The highest BCUT2D eigenvalue weighted by Gasteiger charge is 2.13. The summed E-state index contributed by atoms with van der Waals surface area (Å²) in [4.78, 5) is 23.7. The van der Waals surface area contributed by atoms with Crippen molar-refractivity contribution in [1.29, 1.82) is 0 Å². The van der Waals surface area contributed by atoms with Crippen LogP contribution in [0.4, 0.5) is 5.69 Å². The molecule has 3 rings (SSSR count). The van der Waals surface area contributed by atoms with Crippen molar-refractivity contribution in [1.82, 2.24) is 0 Å². The van der Waals surface area contributed by atoms with Crippen LogP contribution in [0.3, 0.4) is 0 Å². The number of hydrogen-bond acceptors (Lipinski definition) is 5. The summed E-state index contributed by atoms with van der Waals surface area (Å²) in [6.45, 7) is 1.03. The Bertz CT molecular complexity index is 772. The van der Waals surface area contributed by atoms with Crippen molar-refractivity contribution in [2.75, 3.05) is 25.6 Å². The molecule has 0 atom stereocenters. The summed E-state index contributed by atoms with van der Waals surface area (Å²) < 4.78 is 15.6. The van der Waals surface area contributed by atoms with Gasteiger partial charge in [0.1, 0.15) is 13.2 Å². The lowest BCUT2D eigenvalue weighted by Gasteiger charge is -2.18. The molecule has 0 aliphatic carbocycles. The van der Waals surface area contributed by atoms with Gasteiger partial charge in [-0.1, -0.05) is 12.1 Å². The van der Waals surface area contributed by atoms with Gasteiger partial charge in [-0.25, -0.2) is 4.79 Å². The van der Waals surface area contributed by atoms with E-state index in [0.717, 1.165) is 5.56 Å². The summed E-state index contributed by atoms with van der Waals surface area (Å²) in [6.07, 6.45) is 0.194. The fraction of sp³-hybridized carbons (Fsp3) is 0.222. The van der Waals surface area contributed by atoms with Crippen molar-refractivity contribution in [2.45, 2.75) is 6.42 Å². The molecular formula is C18H17NO5. The molecule has 0 fully saturated rings. The molecule has 0 saturated carbocycles. The third-order valence-electron chi connectivity index (χ3n) is 3.54. The van der Waals surface area contributed by atoms with Gasteiger partial charge in [-0.3, -0.25) is 4.79 Å². The molecule has 1 amide bonds. The summed E-state index contributed by atoms with van der Waals surface area (Å²) in [5.74, 6) is 0.710. The molecule has 1 N–H and O–H groups in total. The standard InChI is InChI=1S/C18H17NO5/c1-22-18(21)13-3-2-4-14(11-13)19-17(20)10-12-5-6-15-16(9-12)24-8-7-23-15/h2-6,9,11H,7-8,10H2,1H3,(H,19,20). The van der Waals surface area contributed by atoms with E-state index in [2.05, 4.69) is 10.1 Å². The first-order valence-electron chi connectivity index (χ1n) is 7.52. The van der Waals surface area contributed by atoms with Crippen molar-refractivity contribution in [2.24, 2.45) is 0 Å². The van der Waals surface area contributed by atoms with E-state index in [1.165, 1.54) is 7.11 Å². The number of nitrogens with one attached hydrogen (secondary N) is 1. The minimum atomic E-state index is -0.446. The lowest BCUT2D eigenvalue weighted by atomic mass is 10.1. The quantitative estimate of drug-likeness (QED) is 0.873. The summed E-state index contributed by atoms with van der Waals surface area (Å²) in [5.41, 5.74) is 1.75. The van der Waals surface area contributed by atoms with E-state index in [9.17, 15) is 9.59 Å². The zero-order valence-corrected chi connectivity index (χ0v) is 13.2. The van der Waals surface area contributed by atoms with E-state index in [4.69, 9.17) is 9.47 Å². The molecule has 2 aromatic rings. The van der Waals surface area contributed by atoms with Crippen LogP contribution in [0, 0.1) is 0 Å². The van der Waals surface area contributed by atoms with E-state index >= 15 is 0 Å². The molecule has 0 radical (unpaired) electrons. The monoisotopic (exact) mass is 327 g/mol. The van der Waals surface area contributed by atoms with Crippen molar-refractivity contribution >= 4 is 17.6 Å². The smallest absolute Gasteiger partial charge is 0.337 e. The summed E-state index contributed by atoms with van der Waals surface area (Å²) in [6, 6.07) is 12.0. The second-order valence-corrected chi connectivity index (χ2v) is 5.28. The fourth-order valence-corrected chi connectivity index (χ4v) is 2.43. The van der Waals surface area contributed by atoms with Gasteiger partial charge < -0.3 is 19.5 Å². The number of anilines is 1. The van der Waals surface area contributed by atoms with E-state index in [1.54, 1.807) is 36.4 Å². The predicted molar refractivity (Wildman–Crippen MR) is 87.5 cm³/mol. The normalized spacial score (nSPS) is 12.4. The van der Waals surface area contributed by atoms with Crippen molar-refractivity contribution in [3.8, 4) is 11.5 Å². The third kappa shape index (κ3) is 3.65. The Morgan fingerprint density at radius 3 is 2.67 bits per heavy atom. The molecule has 124 valence electrons. The maximum atomic E-state index is 12.2. The Kier molecular flexibility index (Phi) is 4.65. The SMILES string of the molecule is COC(=O)c1cccc(NC(=O)Cc2ccc3c(c2)OCCO3)c1. The summed E-state index contributed by atoms with van der Waals surface area (Å²) in [7, 11) is 1.31. The minimum Gasteiger partial charge on any atom is -0.486 e. The summed E-state index contributed by atoms with van der Waals surface area (Å²) in [5, 5.41) is 2.77. The predicted octanol–water partition coefficient (Wildman–Crippen LogP) is 2.43. The van der Waals surface area contributed by atoms with Gasteiger partial charge in [0.2, 0.25) is 5.91 Å². The van der Waals surface area contributed by atoms with Gasteiger partial charge in [0, 0.05) is 5.69 Å². The van der Waals surface area contributed by atoms with Crippen LogP contribution in [0.25, 0.3) is 0 Å². The van der Waals surface area contributed by atoms with E-state index in [-0.39, 0.29) is 12.3 Å². The fourth-order valence-electron chi connectivity index (χ4n) is 2.43. The molecule has 1 heterocycles. The number of fused-ring (bicyclic) bond motifs is 1. The molecule has 0 unspecified atom stereocenters. The number of hydrogen-bond donors (Lipinski definition) is 1. The Hall–Kier alpha value is -3.02. The lowest BCUT2D eigenvalue weighted by Crippen LogP contribution is -2.17. The molecule has 1 aliphatic heterocycles. The highest BCUT2D eigenvalue weighted by Crippen LogP contribution is 2.30. The van der Waals surface area contributed by atoms with Crippen LogP contribution in [-0.4, -0.2) is 32.2 Å². The molecule has 6 nitrogen and oxygen atoms in total. The van der Waals surface area contributed by atoms with Crippen molar-refractivity contribution in [3.05, 3.63) is 53.6 Å². The first kappa shape index (κ1) is 15.9. The van der Waals surface area contributed by atoms with Gasteiger partial charge in [0.05, 0.1) is 19.1 Å². The van der Waals surface area contributed by atoms with Gasteiger partial charge >= 0.3 is 5.97 Å². The van der Waals surface area contributed by atoms with Crippen molar-refractivity contribution in [3.63, 3.8) is 0 Å². The molecule has 6 heteroatoms. The number of ether oxygens (including phenoxy) is 3. The van der Waals surface area contributed by atoms with Gasteiger partial charge in [0.15, 0.2) is 11.5 Å². The summed E-state index contributed by atoms with van der Waals surface area (Å²) >= 11 is 0. The van der Waals surface area contributed by atoms with Gasteiger partial charge in [-0.2, -0.15) is 0 Å². The molecule has 1 aliphatic rings. The van der Waals surface area contributed by atoms with Crippen LogP contribution in [0.2, 0.25) is 0 Å². The zero-order valence-electron chi connectivity index (χ0n) is 13.2. The van der Waals surface area contributed by atoms with Crippen LogP contribution in [0.5, 0.6) is 11.5 Å². The number of benzene rings is 2. The Balaban J connectivity index is 1.66. The van der Waals surface area contributed by atoms with Gasteiger partial charge in [0.25, 0.3) is 0 Å². The molecule has 24 heavy (non-hydrogen) atoms. The maximum Gasteiger partial charge on any atom is 0.337 e. The van der Waals surface area contributed by atoms with Crippen LogP contribution in [0.1, 0.15) is 15.9 Å². The van der Waals surface area contributed by atoms with Crippen LogP contribution >= 0.6 is 0 Å². The largest absolute Gasteiger partial charge is 0.486 e. The highest BCUT2D eigenvalue weighted by molar-refractivity contribution is 5.95. The molecule has 0 spiro atoms. The molecule has 2 aromatic carbocycles. The van der Waals surface area contributed by atoms with E-state index < -0.39 is 5.97 Å². The number of carbonyl (C=O) groups excluding carboxylic acids is 2. The van der Waals surface area contributed by atoms with E-state index in [0.29, 0.717) is 36.0 Å². The second kappa shape index (κ2) is 7.04. The molecule has 0 saturated heterocycles.